The maximum atomic E-state index is 5.49. The lowest BCUT2D eigenvalue weighted by Crippen LogP contribution is -2.38. The molecule has 0 saturated carbocycles. The van der Waals surface area contributed by atoms with E-state index in [1.165, 1.54) is 15.6 Å². The highest BCUT2D eigenvalue weighted by Crippen LogP contribution is 2.31. The Morgan fingerprint density at radius 1 is 1.13 bits per heavy atom. The summed E-state index contributed by atoms with van der Waals surface area (Å²) in [4.78, 5) is 13.6. The first-order valence-corrected chi connectivity index (χ1v) is 11.1. The molecule has 0 bridgehead atoms. The molecule has 0 unspecified atom stereocenters. The number of hydrogen-bond donors (Lipinski definition) is 3. The van der Waals surface area contributed by atoms with Crippen LogP contribution in [-0.2, 0) is 19.3 Å². The molecule has 2 aromatic heterocycles. The van der Waals surface area contributed by atoms with Crippen molar-refractivity contribution in [1.29, 1.82) is 0 Å². The van der Waals surface area contributed by atoms with E-state index in [0.717, 1.165) is 67.1 Å². The largest absolute Gasteiger partial charge is 0.497 e. The summed E-state index contributed by atoms with van der Waals surface area (Å²) in [6.45, 7) is 3.82. The summed E-state index contributed by atoms with van der Waals surface area (Å²) in [6.07, 6.45) is 5.85. The molecule has 0 radical (unpaired) electrons. The normalized spacial score (nSPS) is 11.3. The predicted molar refractivity (Wildman–Crippen MR) is 140 cm³/mol. The van der Waals surface area contributed by atoms with Gasteiger partial charge in [-0.25, -0.2) is 4.98 Å². The van der Waals surface area contributed by atoms with Gasteiger partial charge in [0, 0.05) is 60.8 Å². The molecular weight excluding hydrogens is 525 g/mol. The first-order valence-electron chi connectivity index (χ1n) is 10.3. The minimum absolute atomic E-state index is 0. The Kier molecular flexibility index (Phi) is 10.4. The standard InChI is InChI=1S/C22H31N5O2S.HI/c1-5-17-14-26-21(30-17)8-10-25-22(23-2)24-9-6-7-15-11-18-19(27-15)12-16(28-3)13-20(18)29-4;/h11-14,27H,5-10H2,1-4H3,(H2,23,24,25);1H. The Labute approximate surface area is 205 Å². The molecule has 0 saturated heterocycles. The van der Waals surface area contributed by atoms with Crippen molar-refractivity contribution in [3.63, 3.8) is 0 Å². The van der Waals surface area contributed by atoms with Crippen molar-refractivity contribution in [2.24, 2.45) is 4.99 Å². The molecule has 3 rings (SSSR count). The van der Waals surface area contributed by atoms with E-state index in [-0.39, 0.29) is 24.0 Å². The highest BCUT2D eigenvalue weighted by atomic mass is 127. The molecule has 1 aromatic carbocycles. The maximum absolute atomic E-state index is 5.49. The molecule has 0 fully saturated rings. The fourth-order valence-corrected chi connectivity index (χ4v) is 4.14. The number of ether oxygens (including phenoxy) is 2. The van der Waals surface area contributed by atoms with Crippen molar-refractivity contribution in [1.82, 2.24) is 20.6 Å². The van der Waals surface area contributed by atoms with Gasteiger partial charge in [0.2, 0.25) is 0 Å². The highest BCUT2D eigenvalue weighted by molar-refractivity contribution is 14.0. The zero-order valence-electron chi connectivity index (χ0n) is 18.6. The second-order valence-electron chi connectivity index (χ2n) is 6.94. The van der Waals surface area contributed by atoms with E-state index in [9.17, 15) is 0 Å². The third kappa shape index (κ3) is 6.99. The van der Waals surface area contributed by atoms with Crippen molar-refractivity contribution in [2.45, 2.75) is 32.6 Å². The number of fused-ring (bicyclic) bond motifs is 1. The van der Waals surface area contributed by atoms with E-state index in [4.69, 9.17) is 9.47 Å². The third-order valence-corrected chi connectivity index (χ3v) is 6.11. The minimum atomic E-state index is 0. The summed E-state index contributed by atoms with van der Waals surface area (Å²) < 4.78 is 10.8. The molecule has 31 heavy (non-hydrogen) atoms. The molecule has 0 spiro atoms. The number of benzene rings is 1. The second kappa shape index (κ2) is 12.7. The number of rotatable bonds is 10. The van der Waals surface area contributed by atoms with Crippen LogP contribution in [0.1, 0.15) is 28.9 Å². The topological polar surface area (TPSA) is 83.6 Å². The number of hydrogen-bond acceptors (Lipinski definition) is 5. The van der Waals surface area contributed by atoms with Crippen molar-refractivity contribution < 1.29 is 9.47 Å². The number of thiazole rings is 1. The number of aromatic nitrogens is 2. The van der Waals surface area contributed by atoms with Crippen LogP contribution in [0.2, 0.25) is 0 Å². The molecule has 0 aliphatic heterocycles. The van der Waals surface area contributed by atoms with Crippen molar-refractivity contribution in [2.75, 3.05) is 34.4 Å². The molecule has 0 aliphatic carbocycles. The number of halogens is 1. The van der Waals surface area contributed by atoms with E-state index in [1.54, 1.807) is 32.6 Å². The van der Waals surface area contributed by atoms with Crippen LogP contribution in [-0.4, -0.2) is 50.3 Å². The Morgan fingerprint density at radius 3 is 2.61 bits per heavy atom. The molecule has 0 amide bonds. The summed E-state index contributed by atoms with van der Waals surface area (Å²) in [5.41, 5.74) is 2.21. The number of H-pyrrole nitrogens is 1. The van der Waals surface area contributed by atoms with Gasteiger partial charge in [0.1, 0.15) is 11.5 Å². The number of nitrogens with one attached hydrogen (secondary N) is 3. The second-order valence-corrected chi connectivity index (χ2v) is 8.14. The van der Waals surface area contributed by atoms with Crippen LogP contribution in [0.15, 0.2) is 29.4 Å². The number of methoxy groups -OCH3 is 2. The SMILES string of the molecule is CCc1cnc(CCNC(=NC)NCCCc2cc3c(OC)cc(OC)cc3[nH]2)s1.I. The van der Waals surface area contributed by atoms with E-state index < -0.39 is 0 Å². The molecule has 0 aliphatic rings. The van der Waals surface area contributed by atoms with Gasteiger partial charge in [-0.1, -0.05) is 6.92 Å². The van der Waals surface area contributed by atoms with Crippen LogP contribution >= 0.6 is 35.3 Å². The van der Waals surface area contributed by atoms with Gasteiger partial charge in [-0.15, -0.1) is 35.3 Å². The van der Waals surface area contributed by atoms with Crippen molar-refractivity contribution >= 4 is 52.2 Å². The lowest BCUT2D eigenvalue weighted by molar-refractivity contribution is 0.398. The first-order chi connectivity index (χ1) is 14.7. The van der Waals surface area contributed by atoms with Gasteiger partial charge in [0.25, 0.3) is 0 Å². The Bertz CT molecular complexity index is 986. The molecule has 7 nitrogen and oxygen atoms in total. The molecule has 3 N–H and O–H groups in total. The quantitative estimate of drug-likeness (QED) is 0.151. The fourth-order valence-electron chi connectivity index (χ4n) is 3.28. The Balaban J connectivity index is 0.00000341. The fraction of sp³-hybridized carbons (Fsp3) is 0.455. The van der Waals surface area contributed by atoms with E-state index in [0.29, 0.717) is 0 Å². The van der Waals surface area contributed by atoms with Gasteiger partial charge < -0.3 is 25.1 Å². The molecule has 2 heterocycles. The smallest absolute Gasteiger partial charge is 0.190 e. The van der Waals surface area contributed by atoms with Gasteiger partial charge in [-0.3, -0.25) is 4.99 Å². The van der Waals surface area contributed by atoms with Crippen LogP contribution in [0.25, 0.3) is 10.9 Å². The van der Waals surface area contributed by atoms with E-state index >= 15 is 0 Å². The lowest BCUT2D eigenvalue weighted by Gasteiger charge is -2.11. The number of guanidine groups is 1. The van der Waals surface area contributed by atoms with Gasteiger partial charge in [0.15, 0.2) is 5.96 Å². The summed E-state index contributed by atoms with van der Waals surface area (Å²) in [5.74, 6) is 2.43. The average Bonchev–Trinajstić information content (AvgIpc) is 3.40. The van der Waals surface area contributed by atoms with E-state index in [2.05, 4.69) is 38.6 Å². The lowest BCUT2D eigenvalue weighted by atomic mass is 10.2. The zero-order chi connectivity index (χ0) is 21.3. The van der Waals surface area contributed by atoms with Crippen LogP contribution in [0.5, 0.6) is 11.5 Å². The van der Waals surface area contributed by atoms with Crippen molar-refractivity contribution in [3.8, 4) is 11.5 Å². The van der Waals surface area contributed by atoms with Gasteiger partial charge in [-0.2, -0.15) is 0 Å². The maximum Gasteiger partial charge on any atom is 0.190 e. The Hall–Kier alpha value is -2.01. The minimum Gasteiger partial charge on any atom is -0.497 e. The van der Waals surface area contributed by atoms with Crippen LogP contribution in [0.3, 0.4) is 0 Å². The number of aryl methyl sites for hydroxylation is 2. The van der Waals surface area contributed by atoms with Crippen LogP contribution in [0, 0.1) is 0 Å². The van der Waals surface area contributed by atoms with Gasteiger partial charge in [0.05, 0.1) is 24.7 Å². The monoisotopic (exact) mass is 557 g/mol. The van der Waals surface area contributed by atoms with Gasteiger partial charge >= 0.3 is 0 Å². The van der Waals surface area contributed by atoms with Crippen LogP contribution < -0.4 is 20.1 Å². The Morgan fingerprint density at radius 2 is 1.94 bits per heavy atom. The van der Waals surface area contributed by atoms with Crippen molar-refractivity contribution in [3.05, 3.63) is 40.0 Å². The van der Waals surface area contributed by atoms with E-state index in [1.807, 2.05) is 18.3 Å². The molecule has 3 aromatic rings. The molecule has 9 heteroatoms. The molecule has 0 atom stereocenters. The number of aromatic amines is 1. The molecule has 170 valence electrons. The van der Waals surface area contributed by atoms with Crippen LogP contribution in [0.4, 0.5) is 0 Å². The predicted octanol–water partition coefficient (Wildman–Crippen LogP) is 4.16. The summed E-state index contributed by atoms with van der Waals surface area (Å²) in [7, 11) is 5.14. The highest BCUT2D eigenvalue weighted by Gasteiger charge is 2.09. The third-order valence-electron chi connectivity index (χ3n) is 4.91. The first kappa shape index (κ1) is 25.3. The summed E-state index contributed by atoms with van der Waals surface area (Å²) in [6, 6.07) is 6.06. The van der Waals surface area contributed by atoms with Gasteiger partial charge in [-0.05, 0) is 25.3 Å². The summed E-state index contributed by atoms with van der Waals surface area (Å²) in [5, 5.41) is 8.98. The number of aliphatic imine (C=N–C) groups is 1. The average molecular weight is 558 g/mol. The number of nitrogens with zero attached hydrogens (tertiary/aromatic N) is 2. The zero-order valence-corrected chi connectivity index (χ0v) is 21.7. The summed E-state index contributed by atoms with van der Waals surface area (Å²) >= 11 is 1.79. The molecular formula is C22H32IN5O2S.